The molecule has 1 atom stereocenters. The van der Waals surface area contributed by atoms with Crippen LogP contribution in [-0.2, 0) is 9.47 Å². The summed E-state index contributed by atoms with van der Waals surface area (Å²) < 4.78 is 16.2. The number of amides is 1. The summed E-state index contributed by atoms with van der Waals surface area (Å²) in [5.74, 6) is -0.00208. The van der Waals surface area contributed by atoms with Crippen molar-refractivity contribution in [2.45, 2.75) is 13.0 Å². The van der Waals surface area contributed by atoms with Crippen LogP contribution >= 0.6 is 11.3 Å². The third-order valence-corrected chi connectivity index (χ3v) is 5.00. The highest BCUT2D eigenvalue weighted by atomic mass is 32.1. The molecule has 8 nitrogen and oxygen atoms in total. The van der Waals surface area contributed by atoms with E-state index >= 15 is 0 Å². The van der Waals surface area contributed by atoms with E-state index in [9.17, 15) is 9.59 Å². The van der Waals surface area contributed by atoms with E-state index in [0.717, 1.165) is 15.4 Å². The fraction of sp³-hybridized carbons (Fsp3) is 0.389. The van der Waals surface area contributed by atoms with Crippen molar-refractivity contribution in [3.8, 4) is 16.3 Å². The first-order valence-electron chi connectivity index (χ1n) is 8.34. The number of morpholine rings is 1. The van der Waals surface area contributed by atoms with Gasteiger partial charge in [0, 0.05) is 23.2 Å². The van der Waals surface area contributed by atoms with Crippen LogP contribution < -0.4 is 4.74 Å². The second kappa shape index (κ2) is 8.36. The molecule has 1 fully saturated rings. The average molecular weight is 392 g/mol. The molecule has 1 aliphatic rings. The van der Waals surface area contributed by atoms with Crippen molar-refractivity contribution in [3.63, 3.8) is 0 Å². The molecule has 9 heteroatoms. The standard InChI is InChI=1S/C18H20N2O6S/c1-11-8-19-16(27-11)12-5-13(17(21)24-2)7-14(6-12)26-10-15-9-20(18(22)23)3-4-25-15/h5-8,15H,3-4,9-10H2,1-2H3,(H,22,23)/t15-/m0/s1. The maximum Gasteiger partial charge on any atom is 0.407 e. The van der Waals surface area contributed by atoms with Crippen molar-refractivity contribution < 1.29 is 28.9 Å². The molecule has 1 saturated heterocycles. The Hall–Kier alpha value is -2.65. The van der Waals surface area contributed by atoms with Gasteiger partial charge in [-0.25, -0.2) is 14.6 Å². The number of thiazole rings is 1. The molecule has 1 aromatic carbocycles. The number of benzene rings is 1. The van der Waals surface area contributed by atoms with E-state index in [0.29, 0.717) is 24.5 Å². The lowest BCUT2D eigenvalue weighted by Crippen LogP contribution is -2.47. The van der Waals surface area contributed by atoms with Gasteiger partial charge in [-0.15, -0.1) is 11.3 Å². The van der Waals surface area contributed by atoms with Gasteiger partial charge >= 0.3 is 12.1 Å². The van der Waals surface area contributed by atoms with Crippen molar-refractivity contribution in [2.24, 2.45) is 0 Å². The number of nitrogens with zero attached hydrogens (tertiary/aromatic N) is 2. The van der Waals surface area contributed by atoms with Crippen LogP contribution in [0.15, 0.2) is 24.4 Å². The maximum absolute atomic E-state index is 12.0. The fourth-order valence-electron chi connectivity index (χ4n) is 2.71. The summed E-state index contributed by atoms with van der Waals surface area (Å²) in [5, 5.41) is 9.87. The van der Waals surface area contributed by atoms with Crippen LogP contribution in [0.3, 0.4) is 0 Å². The van der Waals surface area contributed by atoms with E-state index in [1.54, 1.807) is 24.4 Å². The largest absolute Gasteiger partial charge is 0.491 e. The van der Waals surface area contributed by atoms with Gasteiger partial charge in [-0.3, -0.25) is 0 Å². The number of esters is 1. The molecule has 2 aromatic rings. The van der Waals surface area contributed by atoms with Crippen molar-refractivity contribution in [1.82, 2.24) is 9.88 Å². The lowest BCUT2D eigenvalue weighted by atomic mass is 10.1. The Kier molecular flexibility index (Phi) is 5.92. The lowest BCUT2D eigenvalue weighted by Gasteiger charge is -2.30. The maximum atomic E-state index is 12.0. The van der Waals surface area contributed by atoms with Crippen LogP contribution in [0.5, 0.6) is 5.75 Å². The molecular formula is C18H20N2O6S. The molecule has 27 heavy (non-hydrogen) atoms. The molecule has 1 amide bonds. The Morgan fingerprint density at radius 2 is 2.22 bits per heavy atom. The van der Waals surface area contributed by atoms with Gasteiger partial charge in [0.25, 0.3) is 0 Å². The van der Waals surface area contributed by atoms with Gasteiger partial charge in [-0.2, -0.15) is 0 Å². The highest BCUT2D eigenvalue weighted by Crippen LogP contribution is 2.30. The fourth-order valence-corrected chi connectivity index (χ4v) is 3.46. The van der Waals surface area contributed by atoms with Crippen LogP contribution in [0.1, 0.15) is 15.2 Å². The third kappa shape index (κ3) is 4.75. The smallest absolute Gasteiger partial charge is 0.407 e. The number of rotatable bonds is 5. The molecule has 1 aromatic heterocycles. The van der Waals surface area contributed by atoms with Gasteiger partial charge in [0.05, 0.1) is 25.8 Å². The molecule has 0 spiro atoms. The summed E-state index contributed by atoms with van der Waals surface area (Å²) >= 11 is 1.51. The van der Waals surface area contributed by atoms with Crippen LogP contribution in [0.4, 0.5) is 4.79 Å². The zero-order valence-electron chi connectivity index (χ0n) is 15.0. The van der Waals surface area contributed by atoms with Crippen molar-refractivity contribution in [2.75, 3.05) is 33.4 Å². The number of ether oxygens (including phenoxy) is 3. The Bertz CT molecular complexity index is 837. The number of aromatic nitrogens is 1. The molecule has 3 rings (SSSR count). The topological polar surface area (TPSA) is 98.2 Å². The monoisotopic (exact) mass is 392 g/mol. The quantitative estimate of drug-likeness (QED) is 0.781. The Morgan fingerprint density at radius 3 is 2.89 bits per heavy atom. The number of methoxy groups -OCH3 is 1. The number of carbonyl (C=O) groups is 2. The SMILES string of the molecule is COC(=O)c1cc(OC[C@@H]2CN(C(=O)O)CCO2)cc(-c2ncc(C)s2)c1. The van der Waals surface area contributed by atoms with Gasteiger partial charge in [0.1, 0.15) is 23.5 Å². The second-order valence-electron chi connectivity index (χ2n) is 6.05. The normalized spacial score (nSPS) is 16.8. The zero-order valence-corrected chi connectivity index (χ0v) is 15.8. The van der Waals surface area contributed by atoms with E-state index in [1.165, 1.54) is 23.3 Å². The molecule has 0 radical (unpaired) electrons. The van der Waals surface area contributed by atoms with Crippen LogP contribution in [-0.4, -0.2) is 66.6 Å². The molecule has 0 aliphatic carbocycles. The third-order valence-electron chi connectivity index (χ3n) is 4.04. The number of carboxylic acid groups (broad SMARTS) is 1. The van der Waals surface area contributed by atoms with Crippen LogP contribution in [0.25, 0.3) is 10.6 Å². The van der Waals surface area contributed by atoms with Gasteiger partial charge < -0.3 is 24.2 Å². The first-order valence-corrected chi connectivity index (χ1v) is 9.16. The minimum Gasteiger partial charge on any atom is -0.491 e. The minimum absolute atomic E-state index is 0.171. The summed E-state index contributed by atoms with van der Waals surface area (Å²) in [6.07, 6.45) is 0.418. The highest BCUT2D eigenvalue weighted by Gasteiger charge is 2.24. The minimum atomic E-state index is -0.975. The summed E-state index contributed by atoms with van der Waals surface area (Å²) in [5.41, 5.74) is 1.11. The van der Waals surface area contributed by atoms with E-state index in [-0.39, 0.29) is 19.3 Å². The van der Waals surface area contributed by atoms with Crippen LogP contribution in [0, 0.1) is 6.92 Å². The predicted molar refractivity (Wildman–Crippen MR) is 98.5 cm³/mol. The molecule has 2 heterocycles. The number of hydrogen-bond acceptors (Lipinski definition) is 7. The van der Waals surface area contributed by atoms with E-state index in [4.69, 9.17) is 19.3 Å². The van der Waals surface area contributed by atoms with E-state index in [2.05, 4.69) is 4.98 Å². The Labute approximate surface area is 160 Å². The van der Waals surface area contributed by atoms with Crippen molar-refractivity contribution in [1.29, 1.82) is 0 Å². The molecular weight excluding hydrogens is 372 g/mol. The number of aryl methyl sites for hydroxylation is 1. The zero-order chi connectivity index (χ0) is 19.4. The summed E-state index contributed by atoms with van der Waals surface area (Å²) in [4.78, 5) is 29.8. The molecule has 144 valence electrons. The lowest BCUT2D eigenvalue weighted by molar-refractivity contribution is -0.0412. The van der Waals surface area contributed by atoms with Gasteiger partial charge in [-0.05, 0) is 25.1 Å². The molecule has 1 aliphatic heterocycles. The summed E-state index contributed by atoms with van der Waals surface area (Å²) in [6, 6.07) is 5.09. The Balaban J connectivity index is 1.77. The first kappa shape index (κ1) is 19.1. The highest BCUT2D eigenvalue weighted by molar-refractivity contribution is 7.14. The van der Waals surface area contributed by atoms with Gasteiger partial charge in [0.2, 0.25) is 0 Å². The molecule has 0 bridgehead atoms. The van der Waals surface area contributed by atoms with Gasteiger partial charge in [-0.1, -0.05) is 0 Å². The molecule has 0 unspecified atom stereocenters. The van der Waals surface area contributed by atoms with Gasteiger partial charge in [0.15, 0.2) is 0 Å². The predicted octanol–water partition coefficient (Wildman–Crippen LogP) is 2.66. The summed E-state index contributed by atoms with van der Waals surface area (Å²) in [6.45, 7) is 3.04. The first-order chi connectivity index (χ1) is 13.0. The molecule has 0 saturated carbocycles. The summed E-state index contributed by atoms with van der Waals surface area (Å²) in [7, 11) is 1.32. The average Bonchev–Trinajstić information content (AvgIpc) is 3.12. The molecule has 1 N–H and O–H groups in total. The van der Waals surface area contributed by atoms with Crippen molar-refractivity contribution >= 4 is 23.4 Å². The number of carbonyl (C=O) groups excluding carboxylic acids is 1. The number of hydrogen-bond donors (Lipinski definition) is 1. The second-order valence-corrected chi connectivity index (χ2v) is 7.28. The van der Waals surface area contributed by atoms with Crippen molar-refractivity contribution in [3.05, 3.63) is 34.8 Å². The van der Waals surface area contributed by atoms with E-state index in [1.807, 2.05) is 6.92 Å². The van der Waals surface area contributed by atoms with E-state index < -0.39 is 12.1 Å². The Morgan fingerprint density at radius 1 is 1.41 bits per heavy atom. The van der Waals surface area contributed by atoms with Crippen LogP contribution in [0.2, 0.25) is 0 Å².